The molecule has 1 heterocycles. The lowest BCUT2D eigenvalue weighted by atomic mass is 10.4. The predicted octanol–water partition coefficient (Wildman–Crippen LogP) is 1.97. The highest BCUT2D eigenvalue weighted by atomic mass is 32.2. The molecule has 0 spiro atoms. The lowest BCUT2D eigenvalue weighted by Crippen LogP contribution is -2.43. The monoisotopic (exact) mass is 286 g/mol. The maximum atomic E-state index is 12.2. The zero-order valence-corrected chi connectivity index (χ0v) is 10.2. The van der Waals surface area contributed by atoms with Gasteiger partial charge >= 0.3 is 6.18 Å². The predicted molar refractivity (Wildman–Crippen MR) is 57.5 cm³/mol. The molecule has 0 radical (unpaired) electrons. The SMILES string of the molecule is C[C@H](NS(=O)(=O)c1c[nH]ccc1=S)C(F)(F)F. The van der Waals surface area contributed by atoms with Crippen molar-refractivity contribution in [2.45, 2.75) is 24.0 Å². The topological polar surface area (TPSA) is 62.0 Å². The van der Waals surface area contributed by atoms with Crippen molar-refractivity contribution in [2.24, 2.45) is 0 Å². The molecule has 0 fully saturated rings. The number of aromatic nitrogens is 1. The van der Waals surface area contributed by atoms with Gasteiger partial charge in [-0.25, -0.2) is 8.42 Å². The number of rotatable bonds is 3. The maximum absolute atomic E-state index is 12.2. The summed E-state index contributed by atoms with van der Waals surface area (Å²) in [7, 11) is -4.28. The standard InChI is InChI=1S/C8H9F3N2O2S2/c1-5(8(9,10)11)13-17(14,15)7-4-12-3-2-6(7)16/h2-5,13H,1H3,(H,12,16)/t5-/m0/s1. The Kier molecular flexibility index (Phi) is 3.95. The van der Waals surface area contributed by atoms with Gasteiger partial charge in [-0.2, -0.15) is 17.9 Å². The number of pyridine rings is 1. The molecular formula is C8H9F3N2O2S2. The van der Waals surface area contributed by atoms with E-state index >= 15 is 0 Å². The molecule has 1 rings (SSSR count). The van der Waals surface area contributed by atoms with Crippen LogP contribution in [0.25, 0.3) is 0 Å². The molecule has 9 heteroatoms. The van der Waals surface area contributed by atoms with Gasteiger partial charge in [0.2, 0.25) is 10.0 Å². The first-order valence-corrected chi connectivity index (χ1v) is 6.30. The van der Waals surface area contributed by atoms with Gasteiger partial charge in [0.05, 0.1) is 4.51 Å². The molecule has 0 aliphatic rings. The van der Waals surface area contributed by atoms with Crippen molar-refractivity contribution in [3.05, 3.63) is 23.0 Å². The Morgan fingerprint density at radius 3 is 2.53 bits per heavy atom. The minimum atomic E-state index is -4.65. The van der Waals surface area contributed by atoms with Crippen LogP contribution in [0.3, 0.4) is 0 Å². The number of halogens is 3. The minimum Gasteiger partial charge on any atom is -0.366 e. The molecule has 0 saturated carbocycles. The summed E-state index contributed by atoms with van der Waals surface area (Å²) < 4.78 is 61.4. The summed E-state index contributed by atoms with van der Waals surface area (Å²) in [5.74, 6) is 0. The zero-order chi connectivity index (χ0) is 13.3. The number of hydrogen-bond donors (Lipinski definition) is 2. The summed E-state index contributed by atoms with van der Waals surface area (Å²) in [4.78, 5) is 2.07. The molecule has 0 amide bonds. The molecule has 96 valence electrons. The van der Waals surface area contributed by atoms with E-state index in [0.29, 0.717) is 6.92 Å². The van der Waals surface area contributed by atoms with Crippen molar-refractivity contribution >= 4 is 22.2 Å². The smallest absolute Gasteiger partial charge is 0.366 e. The zero-order valence-electron chi connectivity index (χ0n) is 8.58. The van der Waals surface area contributed by atoms with Crippen LogP contribution in [0.4, 0.5) is 13.2 Å². The van der Waals surface area contributed by atoms with Gasteiger partial charge < -0.3 is 4.98 Å². The molecule has 0 bridgehead atoms. The molecule has 1 aromatic rings. The van der Waals surface area contributed by atoms with E-state index in [4.69, 9.17) is 12.2 Å². The number of alkyl halides is 3. The molecule has 0 aliphatic carbocycles. The van der Waals surface area contributed by atoms with Crippen LogP contribution in [-0.2, 0) is 10.0 Å². The van der Waals surface area contributed by atoms with E-state index in [-0.39, 0.29) is 9.41 Å². The number of nitrogens with one attached hydrogen (secondary N) is 2. The van der Waals surface area contributed by atoms with Gasteiger partial charge in [0, 0.05) is 12.4 Å². The Morgan fingerprint density at radius 1 is 1.47 bits per heavy atom. The van der Waals surface area contributed by atoms with Crippen LogP contribution < -0.4 is 4.72 Å². The van der Waals surface area contributed by atoms with Gasteiger partial charge in [-0.3, -0.25) is 0 Å². The van der Waals surface area contributed by atoms with E-state index in [0.717, 1.165) is 6.20 Å². The van der Waals surface area contributed by atoms with Gasteiger partial charge in [0.1, 0.15) is 10.9 Å². The first-order chi connectivity index (χ1) is 7.64. The molecule has 0 aromatic carbocycles. The van der Waals surface area contributed by atoms with E-state index in [1.165, 1.54) is 17.0 Å². The number of hydrogen-bond acceptors (Lipinski definition) is 3. The molecular weight excluding hydrogens is 277 g/mol. The van der Waals surface area contributed by atoms with Crippen LogP contribution in [0.2, 0.25) is 0 Å². The number of sulfonamides is 1. The van der Waals surface area contributed by atoms with Crippen molar-refractivity contribution < 1.29 is 21.6 Å². The highest BCUT2D eigenvalue weighted by molar-refractivity contribution is 7.89. The van der Waals surface area contributed by atoms with E-state index in [1.54, 1.807) is 0 Å². The highest BCUT2D eigenvalue weighted by Crippen LogP contribution is 2.21. The Balaban J connectivity index is 3.07. The van der Waals surface area contributed by atoms with Gasteiger partial charge in [-0.05, 0) is 13.0 Å². The quantitative estimate of drug-likeness (QED) is 0.835. The second-order valence-corrected chi connectivity index (χ2v) is 5.38. The van der Waals surface area contributed by atoms with Gasteiger partial charge in [-0.1, -0.05) is 12.2 Å². The third-order valence-electron chi connectivity index (χ3n) is 1.90. The van der Waals surface area contributed by atoms with E-state index in [2.05, 4.69) is 4.98 Å². The summed E-state index contributed by atoms with van der Waals surface area (Å²) in [5, 5.41) is 0. The Hall–Kier alpha value is -0.930. The van der Waals surface area contributed by atoms with Crippen molar-refractivity contribution in [3.63, 3.8) is 0 Å². The van der Waals surface area contributed by atoms with E-state index in [9.17, 15) is 21.6 Å². The summed E-state index contributed by atoms with van der Waals surface area (Å²) in [5.41, 5.74) is 0. The van der Waals surface area contributed by atoms with Crippen molar-refractivity contribution in [2.75, 3.05) is 0 Å². The van der Waals surface area contributed by atoms with Gasteiger partial charge in [0.25, 0.3) is 0 Å². The maximum Gasteiger partial charge on any atom is 0.404 e. The summed E-state index contributed by atoms with van der Waals surface area (Å²) in [6.45, 7) is 0.716. The van der Waals surface area contributed by atoms with Crippen molar-refractivity contribution in [3.8, 4) is 0 Å². The number of H-pyrrole nitrogens is 1. The van der Waals surface area contributed by atoms with Gasteiger partial charge in [-0.15, -0.1) is 0 Å². The molecule has 0 unspecified atom stereocenters. The van der Waals surface area contributed by atoms with Crippen LogP contribution >= 0.6 is 12.2 Å². The van der Waals surface area contributed by atoms with Gasteiger partial charge in [0.15, 0.2) is 0 Å². The largest absolute Gasteiger partial charge is 0.404 e. The van der Waals surface area contributed by atoms with Crippen LogP contribution in [-0.4, -0.2) is 25.6 Å². The van der Waals surface area contributed by atoms with Crippen LogP contribution in [0, 0.1) is 4.51 Å². The number of aromatic amines is 1. The minimum absolute atomic E-state index is 0.0503. The van der Waals surface area contributed by atoms with E-state index in [1.807, 2.05) is 0 Å². The fraction of sp³-hybridized carbons (Fsp3) is 0.375. The second kappa shape index (κ2) is 4.75. The Morgan fingerprint density at radius 2 is 2.06 bits per heavy atom. The fourth-order valence-electron chi connectivity index (χ4n) is 0.974. The lowest BCUT2D eigenvalue weighted by Gasteiger charge is -2.17. The Bertz CT molecular complexity index is 550. The molecule has 0 aliphatic heterocycles. The van der Waals surface area contributed by atoms with Crippen molar-refractivity contribution in [1.82, 2.24) is 9.71 Å². The third kappa shape index (κ3) is 3.51. The summed E-state index contributed by atoms with van der Waals surface area (Å²) >= 11 is 4.73. The molecule has 1 atom stereocenters. The second-order valence-electron chi connectivity index (χ2n) is 3.26. The summed E-state index contributed by atoms with van der Waals surface area (Å²) in [6.07, 6.45) is -2.23. The molecule has 17 heavy (non-hydrogen) atoms. The van der Waals surface area contributed by atoms with Crippen LogP contribution in [0.1, 0.15) is 6.92 Å². The average Bonchev–Trinajstić information content (AvgIpc) is 2.15. The molecule has 2 N–H and O–H groups in total. The van der Waals surface area contributed by atoms with Crippen LogP contribution in [0.15, 0.2) is 23.4 Å². The average molecular weight is 286 g/mol. The Labute approximate surface area is 101 Å². The first kappa shape index (κ1) is 14.1. The highest BCUT2D eigenvalue weighted by Gasteiger charge is 2.39. The van der Waals surface area contributed by atoms with Crippen LogP contribution in [0.5, 0.6) is 0 Å². The first-order valence-electron chi connectivity index (χ1n) is 4.41. The van der Waals surface area contributed by atoms with E-state index < -0.39 is 22.2 Å². The molecule has 4 nitrogen and oxygen atoms in total. The van der Waals surface area contributed by atoms with Crippen molar-refractivity contribution in [1.29, 1.82) is 0 Å². The lowest BCUT2D eigenvalue weighted by molar-refractivity contribution is -0.147. The molecule has 0 saturated heterocycles. The summed E-state index contributed by atoms with van der Waals surface area (Å²) in [6, 6.07) is -0.899. The fourth-order valence-corrected chi connectivity index (χ4v) is 2.71. The normalized spacial score (nSPS) is 14.6. The third-order valence-corrected chi connectivity index (χ3v) is 3.97. The molecule has 1 aromatic heterocycles.